The van der Waals surface area contributed by atoms with Crippen LogP contribution in [0, 0.1) is 17.3 Å². The van der Waals surface area contributed by atoms with Crippen molar-refractivity contribution in [3.8, 4) is 0 Å². The summed E-state index contributed by atoms with van der Waals surface area (Å²) < 4.78 is 5.15. The van der Waals surface area contributed by atoms with Gasteiger partial charge in [-0.05, 0) is 10.9 Å². The molecule has 2 atom stereocenters. The zero-order valence-electron chi connectivity index (χ0n) is 13.0. The topological polar surface area (TPSA) is 124 Å². The highest BCUT2D eigenvalue weighted by Crippen LogP contribution is 2.32. The van der Waals surface area contributed by atoms with E-state index in [0.717, 1.165) is 0 Å². The number of ether oxygens (including phenoxy) is 1. The Morgan fingerprint density at radius 1 is 1.38 bits per heavy atom. The fourth-order valence-corrected chi connectivity index (χ4v) is 2.15. The highest BCUT2D eigenvalue weighted by atomic mass is 16.5. The van der Waals surface area contributed by atoms with E-state index in [-0.39, 0.29) is 32.2 Å². The monoisotopic (exact) mass is 300 g/mol. The molecule has 0 rings (SSSR count). The lowest BCUT2D eigenvalue weighted by atomic mass is 9.73. The number of nitrogens with zero attached hydrogens (tertiary/aromatic N) is 3. The molecule has 1 amide bonds. The van der Waals surface area contributed by atoms with Gasteiger partial charge in [0.2, 0.25) is 5.91 Å². The maximum atomic E-state index is 12.0. The normalized spacial score (nSPS) is 13.9. The predicted molar refractivity (Wildman–Crippen MR) is 77.6 cm³/mol. The van der Waals surface area contributed by atoms with Crippen molar-refractivity contribution in [1.82, 2.24) is 5.32 Å². The summed E-state index contributed by atoms with van der Waals surface area (Å²) >= 11 is 0. The Balaban J connectivity index is 4.20. The molecular formula is C13H24N4O4. The minimum Gasteiger partial charge on any atom is -0.481 e. The lowest BCUT2D eigenvalue weighted by molar-refractivity contribution is -0.151. The molecule has 0 radical (unpaired) electrons. The van der Waals surface area contributed by atoms with Gasteiger partial charge < -0.3 is 15.2 Å². The lowest BCUT2D eigenvalue weighted by Gasteiger charge is -2.31. The van der Waals surface area contributed by atoms with Gasteiger partial charge in [0, 0.05) is 23.9 Å². The first-order valence-electron chi connectivity index (χ1n) is 6.81. The van der Waals surface area contributed by atoms with Gasteiger partial charge in [-0.1, -0.05) is 32.8 Å². The summed E-state index contributed by atoms with van der Waals surface area (Å²) in [5, 5.41) is 15.2. The Hall–Kier alpha value is -1.79. The van der Waals surface area contributed by atoms with Crippen LogP contribution in [0.3, 0.4) is 0 Å². The van der Waals surface area contributed by atoms with Crippen molar-refractivity contribution < 1.29 is 19.4 Å². The summed E-state index contributed by atoms with van der Waals surface area (Å²) in [7, 11) is 0. The van der Waals surface area contributed by atoms with Crippen LogP contribution in [0.15, 0.2) is 5.11 Å². The van der Waals surface area contributed by atoms with Crippen molar-refractivity contribution >= 4 is 11.9 Å². The smallest absolute Gasteiger partial charge is 0.307 e. The second-order valence-corrected chi connectivity index (χ2v) is 5.83. The van der Waals surface area contributed by atoms with Gasteiger partial charge in [0.15, 0.2) is 0 Å². The van der Waals surface area contributed by atoms with Crippen LogP contribution in [0.1, 0.15) is 27.7 Å². The molecule has 0 aromatic heterocycles. The molecule has 8 nitrogen and oxygen atoms in total. The summed E-state index contributed by atoms with van der Waals surface area (Å²) in [5.41, 5.74) is 7.56. The van der Waals surface area contributed by atoms with E-state index in [4.69, 9.17) is 10.3 Å². The van der Waals surface area contributed by atoms with Crippen molar-refractivity contribution in [2.24, 2.45) is 22.4 Å². The molecule has 21 heavy (non-hydrogen) atoms. The quantitative estimate of drug-likeness (QED) is 0.291. The highest BCUT2D eigenvalue weighted by Gasteiger charge is 2.39. The number of amides is 1. The zero-order chi connectivity index (χ0) is 16.5. The minimum atomic E-state index is -0.976. The maximum Gasteiger partial charge on any atom is 0.307 e. The van der Waals surface area contributed by atoms with Crippen molar-refractivity contribution in [2.75, 3.05) is 26.3 Å². The first-order chi connectivity index (χ1) is 9.71. The molecule has 2 N–H and O–H groups in total. The van der Waals surface area contributed by atoms with E-state index in [0.29, 0.717) is 0 Å². The van der Waals surface area contributed by atoms with Crippen LogP contribution in [0.25, 0.3) is 10.4 Å². The number of hydrogen-bond donors (Lipinski definition) is 2. The van der Waals surface area contributed by atoms with Crippen molar-refractivity contribution in [3.63, 3.8) is 0 Å². The molecule has 8 heteroatoms. The Morgan fingerprint density at radius 2 is 2.00 bits per heavy atom. The van der Waals surface area contributed by atoms with Gasteiger partial charge in [-0.15, -0.1) is 0 Å². The van der Waals surface area contributed by atoms with Crippen LogP contribution in [0.2, 0.25) is 0 Å². The van der Waals surface area contributed by atoms with Gasteiger partial charge in [-0.2, -0.15) is 0 Å². The van der Waals surface area contributed by atoms with Crippen LogP contribution in [0.5, 0.6) is 0 Å². The maximum absolute atomic E-state index is 12.0. The molecule has 2 unspecified atom stereocenters. The molecule has 0 heterocycles. The standard InChI is InChI=1S/C13H24N4O4/c1-9(10(12(19)20)13(2,3)4)11(18)15-5-7-21-8-6-16-17-14/h9-10H,5-8H2,1-4H3,(H,15,18)(H,19,20). The number of rotatable bonds is 9. The highest BCUT2D eigenvalue weighted by molar-refractivity contribution is 5.84. The molecule has 0 aromatic rings. The van der Waals surface area contributed by atoms with Gasteiger partial charge in [0.25, 0.3) is 0 Å². The Bertz CT molecular complexity index is 399. The molecule has 0 aromatic carbocycles. The molecule has 0 spiro atoms. The zero-order valence-corrected chi connectivity index (χ0v) is 13.0. The fourth-order valence-electron chi connectivity index (χ4n) is 2.15. The number of nitrogens with one attached hydrogen (secondary N) is 1. The average Bonchev–Trinajstić information content (AvgIpc) is 2.35. The van der Waals surface area contributed by atoms with E-state index < -0.39 is 23.2 Å². The van der Waals surface area contributed by atoms with Crippen LogP contribution in [-0.2, 0) is 14.3 Å². The van der Waals surface area contributed by atoms with E-state index in [9.17, 15) is 14.7 Å². The van der Waals surface area contributed by atoms with E-state index in [1.807, 2.05) is 0 Å². The third-order valence-corrected chi connectivity index (χ3v) is 3.06. The molecule has 0 fully saturated rings. The Kier molecular flexibility index (Phi) is 8.42. The van der Waals surface area contributed by atoms with Crippen LogP contribution in [-0.4, -0.2) is 43.3 Å². The number of aliphatic carboxylic acids is 1. The summed E-state index contributed by atoms with van der Waals surface area (Å²) in [6.07, 6.45) is 0. The van der Waals surface area contributed by atoms with Crippen molar-refractivity contribution in [2.45, 2.75) is 27.7 Å². The van der Waals surface area contributed by atoms with Crippen molar-refractivity contribution in [1.29, 1.82) is 0 Å². The first kappa shape index (κ1) is 19.2. The second kappa shape index (κ2) is 9.20. The lowest BCUT2D eigenvalue weighted by Crippen LogP contribution is -2.43. The molecule has 0 aliphatic heterocycles. The minimum absolute atomic E-state index is 0.242. The average molecular weight is 300 g/mol. The number of carboxylic acid groups (broad SMARTS) is 1. The van der Waals surface area contributed by atoms with E-state index in [1.54, 1.807) is 27.7 Å². The molecule has 0 bridgehead atoms. The molecule has 120 valence electrons. The van der Waals surface area contributed by atoms with Crippen molar-refractivity contribution in [3.05, 3.63) is 10.4 Å². The summed E-state index contributed by atoms with van der Waals surface area (Å²) in [6.45, 7) is 8.11. The van der Waals surface area contributed by atoms with E-state index >= 15 is 0 Å². The third-order valence-electron chi connectivity index (χ3n) is 3.06. The molecule has 0 saturated heterocycles. The summed E-state index contributed by atoms with van der Waals surface area (Å²) in [4.78, 5) is 25.9. The first-order valence-corrected chi connectivity index (χ1v) is 6.81. The van der Waals surface area contributed by atoms with Gasteiger partial charge in [-0.25, -0.2) is 0 Å². The second-order valence-electron chi connectivity index (χ2n) is 5.83. The number of hydrogen-bond acceptors (Lipinski definition) is 4. The number of carbonyl (C=O) groups excluding carboxylic acids is 1. The number of carbonyl (C=O) groups is 2. The van der Waals surface area contributed by atoms with E-state index in [2.05, 4.69) is 15.3 Å². The van der Waals surface area contributed by atoms with E-state index in [1.165, 1.54) is 0 Å². The predicted octanol–water partition coefficient (Wildman–Crippen LogP) is 1.81. The largest absolute Gasteiger partial charge is 0.481 e. The van der Waals surface area contributed by atoms with Crippen LogP contribution in [0.4, 0.5) is 0 Å². The van der Waals surface area contributed by atoms with Gasteiger partial charge >= 0.3 is 5.97 Å². The molecule has 0 aliphatic rings. The van der Waals surface area contributed by atoms with Gasteiger partial charge in [-0.3, -0.25) is 9.59 Å². The number of carboxylic acids is 1. The van der Waals surface area contributed by atoms with Gasteiger partial charge in [0.1, 0.15) is 0 Å². The molecule has 0 aliphatic carbocycles. The van der Waals surface area contributed by atoms with Crippen LogP contribution < -0.4 is 5.32 Å². The molecular weight excluding hydrogens is 276 g/mol. The Morgan fingerprint density at radius 3 is 2.48 bits per heavy atom. The number of azide groups is 1. The van der Waals surface area contributed by atoms with Gasteiger partial charge in [0.05, 0.1) is 19.1 Å². The summed E-state index contributed by atoms with van der Waals surface area (Å²) in [5.74, 6) is -2.68. The fraction of sp³-hybridized carbons (Fsp3) is 0.846. The third kappa shape index (κ3) is 7.53. The van der Waals surface area contributed by atoms with Crippen LogP contribution >= 0.6 is 0 Å². The SMILES string of the molecule is CC(C(=O)NCCOCCN=[N+]=[N-])C(C(=O)O)C(C)(C)C. The molecule has 0 saturated carbocycles. The Labute approximate surface area is 124 Å². The summed E-state index contributed by atoms with van der Waals surface area (Å²) in [6, 6.07) is 0.